The first-order chi connectivity index (χ1) is 11.8. The highest BCUT2D eigenvalue weighted by atomic mass is 16.5. The summed E-state index contributed by atoms with van der Waals surface area (Å²) in [5, 5.41) is 7.87. The minimum Gasteiger partial charge on any atom is -0.484 e. The predicted octanol–water partition coefficient (Wildman–Crippen LogP) is 0.847. The van der Waals surface area contributed by atoms with Gasteiger partial charge in [-0.25, -0.2) is 0 Å². The minimum absolute atomic E-state index is 0.000126. The lowest BCUT2D eigenvalue weighted by molar-refractivity contribution is -0.132. The molecule has 1 atom stereocenters. The van der Waals surface area contributed by atoms with Crippen LogP contribution in [0.2, 0.25) is 0 Å². The molecule has 0 aromatic heterocycles. The van der Waals surface area contributed by atoms with E-state index in [4.69, 9.17) is 4.74 Å². The van der Waals surface area contributed by atoms with Gasteiger partial charge < -0.3 is 20.7 Å². The van der Waals surface area contributed by atoms with E-state index in [9.17, 15) is 14.4 Å². The summed E-state index contributed by atoms with van der Waals surface area (Å²) in [6.45, 7) is 6.99. The first kappa shape index (κ1) is 20.5. The lowest BCUT2D eigenvalue weighted by atomic mass is 10.0. The Morgan fingerprint density at radius 3 is 2.16 bits per heavy atom. The van der Waals surface area contributed by atoms with Crippen molar-refractivity contribution in [2.45, 2.75) is 39.8 Å². The Morgan fingerprint density at radius 1 is 0.960 bits per heavy atom. The summed E-state index contributed by atoms with van der Waals surface area (Å²) in [6, 6.07) is 8.21. The van der Waals surface area contributed by atoms with Crippen LogP contribution in [0, 0.1) is 5.92 Å². The number of para-hydroxylation sites is 1. The summed E-state index contributed by atoms with van der Waals surface area (Å²) in [5.74, 6) is -0.627. The van der Waals surface area contributed by atoms with Gasteiger partial charge in [-0.1, -0.05) is 32.0 Å². The van der Waals surface area contributed by atoms with E-state index in [0.717, 1.165) is 0 Å². The van der Waals surface area contributed by atoms with Crippen molar-refractivity contribution < 1.29 is 19.1 Å². The number of nitrogens with one attached hydrogen (secondary N) is 3. The molecule has 0 unspecified atom stereocenters. The van der Waals surface area contributed by atoms with Crippen LogP contribution >= 0.6 is 0 Å². The molecule has 0 aliphatic heterocycles. The molecular weight excluding hydrogens is 322 g/mol. The topological polar surface area (TPSA) is 96.5 Å². The Morgan fingerprint density at radius 2 is 1.60 bits per heavy atom. The van der Waals surface area contributed by atoms with Crippen molar-refractivity contribution in [2.75, 3.05) is 13.2 Å². The fourth-order valence-electron chi connectivity index (χ4n) is 2.07. The van der Waals surface area contributed by atoms with Crippen molar-refractivity contribution in [3.8, 4) is 5.75 Å². The van der Waals surface area contributed by atoms with E-state index in [2.05, 4.69) is 16.0 Å². The molecule has 7 nitrogen and oxygen atoms in total. The average Bonchev–Trinajstić information content (AvgIpc) is 2.55. The van der Waals surface area contributed by atoms with Crippen LogP contribution in [0.3, 0.4) is 0 Å². The second-order valence-corrected chi connectivity index (χ2v) is 6.33. The van der Waals surface area contributed by atoms with Crippen LogP contribution in [-0.2, 0) is 14.4 Å². The van der Waals surface area contributed by atoms with Crippen LogP contribution in [0.5, 0.6) is 5.75 Å². The summed E-state index contributed by atoms with van der Waals surface area (Å²) in [5.41, 5.74) is 0. The molecule has 0 saturated carbocycles. The van der Waals surface area contributed by atoms with E-state index in [1.807, 2.05) is 33.8 Å². The van der Waals surface area contributed by atoms with E-state index in [0.29, 0.717) is 5.75 Å². The third kappa shape index (κ3) is 8.19. The molecule has 3 N–H and O–H groups in total. The number of rotatable bonds is 9. The first-order valence-electron chi connectivity index (χ1n) is 8.34. The number of ether oxygens (including phenoxy) is 1. The summed E-state index contributed by atoms with van der Waals surface area (Å²) in [6.07, 6.45) is 0. The zero-order valence-corrected chi connectivity index (χ0v) is 15.2. The number of amides is 3. The smallest absolute Gasteiger partial charge is 0.258 e. The molecule has 7 heteroatoms. The minimum atomic E-state index is -0.737. The Hall–Kier alpha value is -2.57. The molecular formula is C18H27N3O4. The second kappa shape index (κ2) is 10.3. The van der Waals surface area contributed by atoms with Crippen LogP contribution in [0.1, 0.15) is 27.7 Å². The van der Waals surface area contributed by atoms with Crippen molar-refractivity contribution in [3.05, 3.63) is 30.3 Å². The van der Waals surface area contributed by atoms with Crippen LogP contribution < -0.4 is 20.7 Å². The van der Waals surface area contributed by atoms with E-state index < -0.39 is 17.9 Å². The Bertz CT molecular complexity index is 573. The SMILES string of the molecule is CC(C)NC(=O)CNC(=O)[C@@H](NC(=O)COc1ccccc1)C(C)C. The first-order valence-corrected chi connectivity index (χ1v) is 8.34. The van der Waals surface area contributed by atoms with Gasteiger partial charge in [-0.05, 0) is 31.9 Å². The quantitative estimate of drug-likeness (QED) is 0.616. The Balaban J connectivity index is 2.48. The van der Waals surface area contributed by atoms with E-state index in [1.165, 1.54) is 0 Å². The van der Waals surface area contributed by atoms with E-state index >= 15 is 0 Å². The number of benzene rings is 1. The molecule has 0 saturated heterocycles. The Kier molecular flexibility index (Phi) is 8.46. The van der Waals surface area contributed by atoms with Gasteiger partial charge in [0.05, 0.1) is 6.54 Å². The van der Waals surface area contributed by atoms with Crippen LogP contribution in [0.25, 0.3) is 0 Å². The average molecular weight is 349 g/mol. The molecule has 138 valence electrons. The van der Waals surface area contributed by atoms with Crippen LogP contribution in [0.15, 0.2) is 30.3 Å². The molecule has 25 heavy (non-hydrogen) atoms. The van der Waals surface area contributed by atoms with E-state index in [-0.39, 0.29) is 31.0 Å². The van der Waals surface area contributed by atoms with Gasteiger partial charge in [0, 0.05) is 6.04 Å². The zero-order valence-electron chi connectivity index (χ0n) is 15.2. The standard InChI is InChI=1S/C18H27N3O4/c1-12(2)17(18(24)19-10-15(22)20-13(3)4)21-16(23)11-25-14-8-6-5-7-9-14/h5-9,12-13,17H,10-11H2,1-4H3,(H,19,24)(H,20,22)(H,21,23)/t17-/m0/s1. The number of hydrogen-bond donors (Lipinski definition) is 3. The van der Waals surface area contributed by atoms with Crippen LogP contribution in [0.4, 0.5) is 0 Å². The lowest BCUT2D eigenvalue weighted by Crippen LogP contribution is -2.52. The predicted molar refractivity (Wildman–Crippen MR) is 95.0 cm³/mol. The molecule has 0 aliphatic rings. The molecule has 0 radical (unpaired) electrons. The summed E-state index contributed by atoms with van der Waals surface area (Å²) >= 11 is 0. The van der Waals surface area contributed by atoms with E-state index in [1.54, 1.807) is 24.3 Å². The number of carbonyl (C=O) groups excluding carboxylic acids is 3. The normalized spacial score (nSPS) is 11.8. The molecule has 0 bridgehead atoms. The van der Waals surface area contributed by atoms with Gasteiger partial charge in [0.15, 0.2) is 6.61 Å². The highest BCUT2D eigenvalue weighted by Gasteiger charge is 2.24. The van der Waals surface area contributed by atoms with Gasteiger partial charge in [-0.15, -0.1) is 0 Å². The molecule has 1 rings (SSSR count). The van der Waals surface area contributed by atoms with Crippen molar-refractivity contribution in [3.63, 3.8) is 0 Å². The molecule has 1 aromatic carbocycles. The van der Waals surface area contributed by atoms with Gasteiger partial charge >= 0.3 is 0 Å². The number of carbonyl (C=O) groups is 3. The fraction of sp³-hybridized carbons (Fsp3) is 0.500. The highest BCUT2D eigenvalue weighted by Crippen LogP contribution is 2.08. The number of hydrogen-bond acceptors (Lipinski definition) is 4. The lowest BCUT2D eigenvalue weighted by Gasteiger charge is -2.21. The maximum Gasteiger partial charge on any atom is 0.258 e. The van der Waals surface area contributed by atoms with Crippen molar-refractivity contribution in [1.29, 1.82) is 0 Å². The molecule has 0 aliphatic carbocycles. The maximum absolute atomic E-state index is 12.2. The zero-order chi connectivity index (χ0) is 18.8. The molecule has 3 amide bonds. The third-order valence-electron chi connectivity index (χ3n) is 3.25. The van der Waals surface area contributed by atoms with Crippen LogP contribution in [-0.4, -0.2) is 43.0 Å². The van der Waals surface area contributed by atoms with Gasteiger partial charge in [-0.3, -0.25) is 14.4 Å². The van der Waals surface area contributed by atoms with Gasteiger partial charge in [0.25, 0.3) is 5.91 Å². The van der Waals surface area contributed by atoms with Gasteiger partial charge in [-0.2, -0.15) is 0 Å². The van der Waals surface area contributed by atoms with Crippen molar-refractivity contribution in [1.82, 2.24) is 16.0 Å². The summed E-state index contributed by atoms with van der Waals surface area (Å²) in [7, 11) is 0. The molecule has 0 heterocycles. The van der Waals surface area contributed by atoms with Gasteiger partial charge in [0.2, 0.25) is 11.8 Å². The Labute approximate surface area is 148 Å². The largest absolute Gasteiger partial charge is 0.484 e. The second-order valence-electron chi connectivity index (χ2n) is 6.33. The third-order valence-corrected chi connectivity index (χ3v) is 3.25. The highest BCUT2D eigenvalue weighted by molar-refractivity contribution is 5.91. The molecule has 1 aromatic rings. The molecule has 0 spiro atoms. The summed E-state index contributed by atoms with van der Waals surface area (Å²) < 4.78 is 5.36. The van der Waals surface area contributed by atoms with Crippen molar-refractivity contribution >= 4 is 17.7 Å². The maximum atomic E-state index is 12.2. The molecule has 0 fully saturated rings. The van der Waals surface area contributed by atoms with Crippen molar-refractivity contribution in [2.24, 2.45) is 5.92 Å². The fourth-order valence-corrected chi connectivity index (χ4v) is 2.07. The van der Waals surface area contributed by atoms with Gasteiger partial charge in [0.1, 0.15) is 11.8 Å². The summed E-state index contributed by atoms with van der Waals surface area (Å²) in [4.78, 5) is 35.9. The monoisotopic (exact) mass is 349 g/mol.